The number of aromatic nitrogens is 2. The van der Waals surface area contributed by atoms with Gasteiger partial charge >= 0.3 is 5.97 Å². The first-order valence-electron chi connectivity index (χ1n) is 7.87. The van der Waals surface area contributed by atoms with Crippen LogP contribution in [0.3, 0.4) is 0 Å². The number of hydrogen-bond acceptors (Lipinski definition) is 5. The molecule has 130 valence electrons. The lowest BCUT2D eigenvalue weighted by molar-refractivity contribution is -0.140. The van der Waals surface area contributed by atoms with E-state index >= 15 is 0 Å². The molecule has 3 aromatic rings. The number of rotatable bonds is 5. The van der Waals surface area contributed by atoms with Crippen LogP contribution in [0.5, 0.6) is 5.75 Å². The molecule has 1 atom stereocenters. The molecule has 0 bridgehead atoms. The van der Waals surface area contributed by atoms with Gasteiger partial charge in [-0.15, -0.1) is 11.3 Å². The van der Waals surface area contributed by atoms with Gasteiger partial charge in [0.05, 0.1) is 12.5 Å². The molecule has 7 heteroatoms. The van der Waals surface area contributed by atoms with Crippen molar-refractivity contribution >= 4 is 27.5 Å². The van der Waals surface area contributed by atoms with Gasteiger partial charge in [-0.2, -0.15) is 0 Å². The molecule has 6 nitrogen and oxygen atoms in total. The second-order valence-electron chi connectivity index (χ2n) is 5.63. The maximum atomic E-state index is 13.1. The Morgan fingerprint density at radius 3 is 2.84 bits per heavy atom. The molecule has 2 heterocycles. The average Bonchev–Trinajstić information content (AvgIpc) is 3.05. The van der Waals surface area contributed by atoms with E-state index in [-0.39, 0.29) is 5.56 Å². The van der Waals surface area contributed by atoms with Gasteiger partial charge in [0.15, 0.2) is 0 Å². The second-order valence-corrected chi connectivity index (χ2v) is 6.49. The monoisotopic (exact) mass is 358 g/mol. The Morgan fingerprint density at radius 1 is 1.44 bits per heavy atom. The van der Waals surface area contributed by atoms with E-state index in [1.54, 1.807) is 7.11 Å². The van der Waals surface area contributed by atoms with E-state index in [4.69, 9.17) is 4.74 Å². The third kappa shape index (κ3) is 2.91. The minimum absolute atomic E-state index is 0.323. The molecular formula is C18H18N2O4S. The van der Waals surface area contributed by atoms with Gasteiger partial charge in [-0.25, -0.2) is 9.78 Å². The van der Waals surface area contributed by atoms with Crippen LogP contribution in [-0.4, -0.2) is 27.7 Å². The van der Waals surface area contributed by atoms with Crippen molar-refractivity contribution in [1.82, 2.24) is 9.55 Å². The highest BCUT2D eigenvalue weighted by molar-refractivity contribution is 7.17. The number of fused-ring (bicyclic) bond motifs is 1. The number of aliphatic carboxylic acids is 1. The van der Waals surface area contributed by atoms with E-state index in [9.17, 15) is 14.7 Å². The van der Waals surface area contributed by atoms with Gasteiger partial charge in [-0.1, -0.05) is 19.1 Å². The summed E-state index contributed by atoms with van der Waals surface area (Å²) in [5.41, 5.74) is 1.25. The summed E-state index contributed by atoms with van der Waals surface area (Å²) in [4.78, 5) is 29.7. The second kappa shape index (κ2) is 6.68. The van der Waals surface area contributed by atoms with Gasteiger partial charge < -0.3 is 9.84 Å². The van der Waals surface area contributed by atoms with Crippen LogP contribution in [0.25, 0.3) is 21.3 Å². The number of thiophene rings is 1. The van der Waals surface area contributed by atoms with Crippen molar-refractivity contribution in [2.75, 3.05) is 7.11 Å². The number of nitrogens with zero attached hydrogens (tertiary/aromatic N) is 2. The van der Waals surface area contributed by atoms with Crippen molar-refractivity contribution in [2.24, 2.45) is 0 Å². The predicted octanol–water partition coefficient (Wildman–Crippen LogP) is 3.34. The van der Waals surface area contributed by atoms with E-state index < -0.39 is 12.0 Å². The molecule has 0 aliphatic rings. The first kappa shape index (κ1) is 17.2. The summed E-state index contributed by atoms with van der Waals surface area (Å²) in [6, 6.07) is 6.44. The lowest BCUT2D eigenvalue weighted by Crippen LogP contribution is -2.31. The maximum Gasteiger partial charge on any atom is 0.326 e. The zero-order valence-electron chi connectivity index (χ0n) is 14.1. The zero-order chi connectivity index (χ0) is 18.1. The van der Waals surface area contributed by atoms with Crippen LogP contribution in [0.4, 0.5) is 0 Å². The molecule has 1 aromatic carbocycles. The lowest BCUT2D eigenvalue weighted by atomic mass is 10.1. The molecule has 0 saturated heterocycles. The zero-order valence-corrected chi connectivity index (χ0v) is 15.0. The third-order valence-electron chi connectivity index (χ3n) is 4.15. The van der Waals surface area contributed by atoms with Crippen molar-refractivity contribution in [3.63, 3.8) is 0 Å². The van der Waals surface area contributed by atoms with Gasteiger partial charge in [0.25, 0.3) is 5.56 Å². The maximum absolute atomic E-state index is 13.1. The number of carbonyl (C=O) groups is 1. The molecule has 0 spiro atoms. The highest BCUT2D eigenvalue weighted by atomic mass is 32.1. The quantitative estimate of drug-likeness (QED) is 0.756. The van der Waals surface area contributed by atoms with Gasteiger partial charge in [0, 0.05) is 17.4 Å². The Bertz CT molecular complexity index is 1010. The van der Waals surface area contributed by atoms with Crippen LogP contribution < -0.4 is 10.3 Å². The number of methoxy groups -OCH3 is 1. The molecule has 2 aromatic heterocycles. The van der Waals surface area contributed by atoms with Crippen molar-refractivity contribution in [3.05, 3.63) is 45.8 Å². The first-order chi connectivity index (χ1) is 12.0. The molecule has 3 rings (SSSR count). The number of ether oxygens (including phenoxy) is 1. The summed E-state index contributed by atoms with van der Waals surface area (Å²) in [6.07, 6.45) is 0.481. The fourth-order valence-electron chi connectivity index (χ4n) is 2.81. The summed E-state index contributed by atoms with van der Waals surface area (Å²) in [5, 5.41) is 11.7. The Labute approximate surface area is 148 Å². The van der Waals surface area contributed by atoms with E-state index in [2.05, 4.69) is 4.98 Å². The van der Waals surface area contributed by atoms with Crippen molar-refractivity contribution < 1.29 is 14.6 Å². The van der Waals surface area contributed by atoms with Crippen molar-refractivity contribution in [1.29, 1.82) is 0 Å². The van der Waals surface area contributed by atoms with Gasteiger partial charge in [-0.05, 0) is 24.6 Å². The summed E-state index contributed by atoms with van der Waals surface area (Å²) < 4.78 is 6.53. The molecular weight excluding hydrogens is 340 g/mol. The van der Waals surface area contributed by atoms with Gasteiger partial charge in [-0.3, -0.25) is 9.36 Å². The first-order valence-corrected chi connectivity index (χ1v) is 8.75. The molecule has 0 amide bonds. The van der Waals surface area contributed by atoms with Crippen LogP contribution in [-0.2, 0) is 11.2 Å². The van der Waals surface area contributed by atoms with E-state index in [1.807, 2.05) is 36.6 Å². The molecule has 0 saturated carbocycles. The Kier molecular flexibility index (Phi) is 4.59. The molecule has 25 heavy (non-hydrogen) atoms. The van der Waals surface area contributed by atoms with Crippen LogP contribution >= 0.6 is 11.3 Å². The summed E-state index contributed by atoms with van der Waals surface area (Å²) in [6.45, 7) is 3.35. The van der Waals surface area contributed by atoms with Crippen LogP contribution in [0, 0.1) is 0 Å². The van der Waals surface area contributed by atoms with Gasteiger partial charge in [0.1, 0.15) is 22.4 Å². The molecule has 0 aliphatic carbocycles. The van der Waals surface area contributed by atoms with Crippen molar-refractivity contribution in [3.8, 4) is 16.9 Å². The van der Waals surface area contributed by atoms with Crippen LogP contribution in [0.1, 0.15) is 25.7 Å². The Morgan fingerprint density at radius 2 is 2.20 bits per heavy atom. The summed E-state index contributed by atoms with van der Waals surface area (Å²) in [7, 11) is 1.58. The standard InChI is InChI=1S/C18H18N2O4S/c1-4-14-19-16-15(17(21)20(14)10(2)18(22)23)13(9-25-16)11-6-5-7-12(8-11)24-3/h5-10H,4H2,1-3H3,(H,22,23). The highest BCUT2D eigenvalue weighted by Gasteiger charge is 2.23. The lowest BCUT2D eigenvalue weighted by Gasteiger charge is -2.15. The number of carboxylic acid groups (broad SMARTS) is 1. The molecule has 0 fully saturated rings. The van der Waals surface area contributed by atoms with Crippen LogP contribution in [0.2, 0.25) is 0 Å². The summed E-state index contributed by atoms with van der Waals surface area (Å²) >= 11 is 1.38. The van der Waals surface area contributed by atoms with E-state index in [0.29, 0.717) is 28.2 Å². The number of hydrogen-bond donors (Lipinski definition) is 1. The van der Waals surface area contributed by atoms with E-state index in [0.717, 1.165) is 11.1 Å². The minimum atomic E-state index is -1.06. The third-order valence-corrected chi connectivity index (χ3v) is 5.03. The fraction of sp³-hybridized carbons (Fsp3) is 0.278. The van der Waals surface area contributed by atoms with Crippen molar-refractivity contribution in [2.45, 2.75) is 26.3 Å². The largest absolute Gasteiger partial charge is 0.497 e. The molecule has 1 unspecified atom stereocenters. The Balaban J connectivity index is 2.32. The van der Waals surface area contributed by atoms with Gasteiger partial charge in [0.2, 0.25) is 0 Å². The predicted molar refractivity (Wildman–Crippen MR) is 97.6 cm³/mol. The number of carboxylic acids is 1. The Hall–Kier alpha value is -2.67. The molecule has 0 radical (unpaired) electrons. The topological polar surface area (TPSA) is 81.4 Å². The summed E-state index contributed by atoms with van der Waals surface area (Å²) in [5.74, 6) is 0.108. The fourth-order valence-corrected chi connectivity index (χ4v) is 3.76. The normalized spacial score (nSPS) is 12.3. The number of aryl methyl sites for hydroxylation is 1. The average molecular weight is 358 g/mol. The van der Waals surface area contributed by atoms with Crippen LogP contribution in [0.15, 0.2) is 34.4 Å². The minimum Gasteiger partial charge on any atom is -0.497 e. The smallest absolute Gasteiger partial charge is 0.326 e. The molecule has 1 N–H and O–H groups in total. The number of benzene rings is 1. The highest BCUT2D eigenvalue weighted by Crippen LogP contribution is 2.33. The van der Waals surface area contributed by atoms with E-state index in [1.165, 1.54) is 22.8 Å². The molecule has 0 aliphatic heterocycles. The SMILES string of the molecule is CCc1nc2scc(-c3cccc(OC)c3)c2c(=O)n1C(C)C(=O)O.